The van der Waals surface area contributed by atoms with Gasteiger partial charge in [-0.3, -0.25) is 4.79 Å². The van der Waals surface area contributed by atoms with E-state index in [0.717, 1.165) is 25.7 Å². The molecule has 0 heterocycles. The first-order chi connectivity index (χ1) is 12.4. The van der Waals surface area contributed by atoms with Crippen LogP contribution in [0.25, 0.3) is 0 Å². The number of benzene rings is 2. The van der Waals surface area contributed by atoms with Crippen molar-refractivity contribution in [3.05, 3.63) is 59.1 Å². The number of sulfonamides is 1. The molecule has 0 bridgehead atoms. The van der Waals surface area contributed by atoms with Gasteiger partial charge in [-0.15, -0.1) is 0 Å². The summed E-state index contributed by atoms with van der Waals surface area (Å²) in [7, 11) is -3.54. The van der Waals surface area contributed by atoms with Gasteiger partial charge in [-0.1, -0.05) is 30.9 Å². The summed E-state index contributed by atoms with van der Waals surface area (Å²) in [6, 6.07) is 12.7. The lowest BCUT2D eigenvalue weighted by molar-refractivity contribution is 0.102. The highest BCUT2D eigenvalue weighted by Crippen LogP contribution is 2.21. The average Bonchev–Trinajstić information content (AvgIpc) is 2.63. The molecular weight excluding hydrogens is 372 g/mol. The van der Waals surface area contributed by atoms with Crippen LogP contribution in [0.5, 0.6) is 0 Å². The lowest BCUT2D eigenvalue weighted by atomic mass is 9.96. The van der Waals surface area contributed by atoms with Gasteiger partial charge in [0.05, 0.1) is 4.90 Å². The van der Waals surface area contributed by atoms with Crippen LogP contribution in [-0.4, -0.2) is 20.4 Å². The number of halogens is 1. The summed E-state index contributed by atoms with van der Waals surface area (Å²) in [5.41, 5.74) is 1.01. The first-order valence-corrected chi connectivity index (χ1v) is 10.5. The quantitative estimate of drug-likeness (QED) is 0.800. The fraction of sp³-hybridized carbons (Fsp3) is 0.316. The highest BCUT2D eigenvalue weighted by atomic mass is 35.5. The van der Waals surface area contributed by atoms with E-state index in [9.17, 15) is 13.2 Å². The Bertz CT molecular complexity index is 859. The molecule has 1 fully saturated rings. The molecule has 1 saturated carbocycles. The Balaban J connectivity index is 1.65. The van der Waals surface area contributed by atoms with E-state index in [1.807, 2.05) is 0 Å². The van der Waals surface area contributed by atoms with Crippen LogP contribution in [0.15, 0.2) is 53.4 Å². The number of carbonyl (C=O) groups is 1. The predicted octanol–water partition coefficient (Wildman–Crippen LogP) is 4.20. The number of rotatable bonds is 5. The minimum atomic E-state index is -3.54. The van der Waals surface area contributed by atoms with Crippen LogP contribution in [0.1, 0.15) is 42.5 Å². The van der Waals surface area contributed by atoms with Crippen molar-refractivity contribution in [2.75, 3.05) is 5.32 Å². The molecule has 26 heavy (non-hydrogen) atoms. The van der Waals surface area contributed by atoms with Crippen LogP contribution in [0.3, 0.4) is 0 Å². The van der Waals surface area contributed by atoms with E-state index in [4.69, 9.17) is 11.6 Å². The van der Waals surface area contributed by atoms with E-state index in [-0.39, 0.29) is 16.8 Å². The molecule has 0 aromatic heterocycles. The first-order valence-electron chi connectivity index (χ1n) is 8.63. The van der Waals surface area contributed by atoms with Crippen LogP contribution in [0, 0.1) is 0 Å². The monoisotopic (exact) mass is 392 g/mol. The molecule has 2 aromatic carbocycles. The van der Waals surface area contributed by atoms with E-state index in [1.54, 1.807) is 36.4 Å². The summed E-state index contributed by atoms with van der Waals surface area (Å²) >= 11 is 5.81. The topological polar surface area (TPSA) is 75.3 Å². The maximum atomic E-state index is 12.5. The lowest BCUT2D eigenvalue weighted by Crippen LogP contribution is -2.36. The molecule has 0 atom stereocenters. The summed E-state index contributed by atoms with van der Waals surface area (Å²) in [5.74, 6) is -0.280. The molecule has 7 heteroatoms. The molecular formula is C19H21ClN2O3S. The molecule has 0 radical (unpaired) electrons. The molecule has 0 aliphatic heterocycles. The highest BCUT2D eigenvalue weighted by Gasteiger charge is 2.21. The van der Waals surface area contributed by atoms with Crippen LogP contribution in [0.2, 0.25) is 5.02 Å². The second kappa shape index (κ2) is 8.20. The van der Waals surface area contributed by atoms with Gasteiger partial charge in [-0.05, 0) is 61.4 Å². The van der Waals surface area contributed by atoms with Gasteiger partial charge in [0.15, 0.2) is 0 Å². The molecule has 3 rings (SSSR count). The largest absolute Gasteiger partial charge is 0.322 e. The van der Waals surface area contributed by atoms with Crippen molar-refractivity contribution in [2.45, 2.75) is 43.0 Å². The van der Waals surface area contributed by atoms with Gasteiger partial charge in [0.1, 0.15) is 0 Å². The highest BCUT2D eigenvalue weighted by molar-refractivity contribution is 7.89. The number of amides is 1. The van der Waals surface area contributed by atoms with Gasteiger partial charge in [-0.2, -0.15) is 0 Å². The minimum absolute atomic E-state index is 0.0121. The number of anilines is 1. The van der Waals surface area contributed by atoms with Crippen molar-refractivity contribution in [3.8, 4) is 0 Å². The standard InChI is InChI=1S/C19H21ClN2O3S/c20-15-8-6-14(7-9-15)19(23)21-16-10-12-18(13-11-16)26(24,25)22-17-4-2-1-3-5-17/h6-13,17,22H,1-5H2,(H,21,23). The molecule has 0 saturated heterocycles. The number of carbonyl (C=O) groups excluding carboxylic acids is 1. The summed E-state index contributed by atoms with van der Waals surface area (Å²) in [6.07, 6.45) is 5.05. The molecule has 0 spiro atoms. The van der Waals surface area contributed by atoms with Crippen LogP contribution in [0.4, 0.5) is 5.69 Å². The molecule has 2 N–H and O–H groups in total. The molecule has 0 unspecified atom stereocenters. The van der Waals surface area contributed by atoms with Crippen molar-refractivity contribution in [3.63, 3.8) is 0 Å². The molecule has 2 aromatic rings. The SMILES string of the molecule is O=C(Nc1ccc(S(=O)(=O)NC2CCCCC2)cc1)c1ccc(Cl)cc1. The Kier molecular flexibility index (Phi) is 5.96. The fourth-order valence-electron chi connectivity index (χ4n) is 3.03. The van der Waals surface area contributed by atoms with E-state index < -0.39 is 10.0 Å². The number of hydrogen-bond acceptors (Lipinski definition) is 3. The maximum Gasteiger partial charge on any atom is 0.255 e. The van der Waals surface area contributed by atoms with Gasteiger partial charge >= 0.3 is 0 Å². The Morgan fingerprint density at radius 3 is 2.15 bits per heavy atom. The third-order valence-corrected chi connectivity index (χ3v) is 6.24. The summed E-state index contributed by atoms with van der Waals surface area (Å²) in [4.78, 5) is 12.4. The van der Waals surface area contributed by atoms with E-state index in [1.165, 1.54) is 18.6 Å². The molecule has 5 nitrogen and oxygen atoms in total. The van der Waals surface area contributed by atoms with Crippen molar-refractivity contribution in [2.24, 2.45) is 0 Å². The average molecular weight is 393 g/mol. The van der Waals surface area contributed by atoms with Gasteiger partial charge < -0.3 is 5.32 Å². The second-order valence-electron chi connectivity index (χ2n) is 6.44. The van der Waals surface area contributed by atoms with Crippen molar-refractivity contribution in [1.29, 1.82) is 0 Å². The smallest absolute Gasteiger partial charge is 0.255 e. The first kappa shape index (κ1) is 18.9. The van der Waals surface area contributed by atoms with Gasteiger partial charge in [0.2, 0.25) is 10.0 Å². The third kappa shape index (κ3) is 4.84. The molecule has 1 amide bonds. The minimum Gasteiger partial charge on any atom is -0.322 e. The second-order valence-corrected chi connectivity index (χ2v) is 8.59. The summed E-state index contributed by atoms with van der Waals surface area (Å²) in [6.45, 7) is 0. The Hall–Kier alpha value is -1.89. The third-order valence-electron chi connectivity index (χ3n) is 4.46. The van der Waals surface area contributed by atoms with Crippen molar-refractivity contribution >= 4 is 33.2 Å². The number of hydrogen-bond donors (Lipinski definition) is 2. The molecule has 1 aliphatic carbocycles. The van der Waals surface area contributed by atoms with E-state index in [2.05, 4.69) is 10.0 Å². The van der Waals surface area contributed by atoms with Crippen molar-refractivity contribution < 1.29 is 13.2 Å². The predicted molar refractivity (Wildman–Crippen MR) is 103 cm³/mol. The van der Waals surface area contributed by atoms with Crippen LogP contribution >= 0.6 is 11.6 Å². The molecule has 1 aliphatic rings. The zero-order valence-corrected chi connectivity index (χ0v) is 15.8. The van der Waals surface area contributed by atoms with Gasteiger partial charge in [0.25, 0.3) is 5.91 Å². The fourth-order valence-corrected chi connectivity index (χ4v) is 4.46. The summed E-state index contributed by atoms with van der Waals surface area (Å²) < 4.78 is 27.7. The normalized spacial score (nSPS) is 15.6. The Morgan fingerprint density at radius 1 is 0.923 bits per heavy atom. The van der Waals surface area contributed by atoms with E-state index in [0.29, 0.717) is 16.3 Å². The van der Waals surface area contributed by atoms with Gasteiger partial charge in [-0.25, -0.2) is 13.1 Å². The Morgan fingerprint density at radius 2 is 1.54 bits per heavy atom. The Labute approximate surface area is 158 Å². The van der Waals surface area contributed by atoms with E-state index >= 15 is 0 Å². The maximum absolute atomic E-state index is 12.5. The van der Waals surface area contributed by atoms with Crippen LogP contribution in [-0.2, 0) is 10.0 Å². The zero-order chi connectivity index (χ0) is 18.6. The van der Waals surface area contributed by atoms with Crippen LogP contribution < -0.4 is 10.0 Å². The number of nitrogens with one attached hydrogen (secondary N) is 2. The zero-order valence-electron chi connectivity index (χ0n) is 14.2. The lowest BCUT2D eigenvalue weighted by Gasteiger charge is -2.22. The summed E-state index contributed by atoms with van der Waals surface area (Å²) in [5, 5.41) is 3.30. The molecule has 138 valence electrons. The van der Waals surface area contributed by atoms with Crippen molar-refractivity contribution in [1.82, 2.24) is 4.72 Å². The van der Waals surface area contributed by atoms with Gasteiger partial charge in [0, 0.05) is 22.3 Å².